The molecule has 1 unspecified atom stereocenters. The van der Waals surface area contributed by atoms with Crippen LogP contribution in [-0.2, 0) is 15.6 Å². The second-order valence-electron chi connectivity index (χ2n) is 3.57. The van der Waals surface area contributed by atoms with Crippen LogP contribution in [0.25, 0.3) is 0 Å². The Balaban J connectivity index is 2.62. The van der Waals surface area contributed by atoms with E-state index in [2.05, 4.69) is 15.9 Å². The van der Waals surface area contributed by atoms with Gasteiger partial charge in [-0.25, -0.2) is 0 Å². The molecule has 1 rings (SSSR count). The second-order valence-corrected chi connectivity index (χ2v) is 5.85. The van der Waals surface area contributed by atoms with Gasteiger partial charge >= 0.3 is 6.18 Å². The van der Waals surface area contributed by atoms with Gasteiger partial charge in [-0.2, -0.15) is 13.2 Å². The zero-order chi connectivity index (χ0) is 14.6. The summed E-state index contributed by atoms with van der Waals surface area (Å²) in [7, 11) is -1.74. The van der Waals surface area contributed by atoms with Gasteiger partial charge in [0.25, 0.3) is 0 Å². The lowest BCUT2D eigenvalue weighted by atomic mass is 10.3. The van der Waals surface area contributed by atoms with Gasteiger partial charge in [-0.05, 0) is 34.1 Å². The summed E-state index contributed by atoms with van der Waals surface area (Å²) in [4.78, 5) is 11.5. The first-order chi connectivity index (χ1) is 8.69. The molecular weight excluding hydrogens is 349 g/mol. The van der Waals surface area contributed by atoms with E-state index >= 15 is 0 Å². The Morgan fingerprint density at radius 3 is 2.58 bits per heavy atom. The molecule has 0 saturated carbocycles. The minimum Gasteiger partial charge on any atom is -0.399 e. The Labute approximate surface area is 118 Å². The summed E-state index contributed by atoms with van der Waals surface area (Å²) in [5, 5.41) is 1.66. The SMILES string of the molecule is Nc1ccc(S(=O)CC(=O)NCC(F)(F)F)c(Br)c1. The maximum Gasteiger partial charge on any atom is 0.405 e. The lowest BCUT2D eigenvalue weighted by Crippen LogP contribution is -2.36. The minimum absolute atomic E-state index is 0.302. The van der Waals surface area contributed by atoms with Crippen LogP contribution in [0.1, 0.15) is 0 Å². The molecule has 3 N–H and O–H groups in total. The predicted molar refractivity (Wildman–Crippen MR) is 68.9 cm³/mol. The normalized spacial score (nSPS) is 13.1. The first kappa shape index (κ1) is 16.0. The van der Waals surface area contributed by atoms with E-state index in [0.29, 0.717) is 15.1 Å². The van der Waals surface area contributed by atoms with Gasteiger partial charge < -0.3 is 11.1 Å². The molecule has 0 heterocycles. The number of hydrogen-bond donors (Lipinski definition) is 2. The highest BCUT2D eigenvalue weighted by Gasteiger charge is 2.28. The number of benzene rings is 1. The van der Waals surface area contributed by atoms with E-state index in [1.165, 1.54) is 18.2 Å². The maximum atomic E-state index is 11.9. The molecule has 19 heavy (non-hydrogen) atoms. The van der Waals surface area contributed by atoms with E-state index in [-0.39, 0.29) is 0 Å². The molecule has 0 aliphatic rings. The number of carbonyl (C=O) groups is 1. The van der Waals surface area contributed by atoms with Gasteiger partial charge in [0.05, 0.1) is 15.7 Å². The van der Waals surface area contributed by atoms with Crippen LogP contribution in [-0.4, -0.2) is 28.6 Å². The summed E-state index contributed by atoms with van der Waals surface area (Å²) < 4.78 is 47.9. The lowest BCUT2D eigenvalue weighted by Gasteiger charge is -2.09. The fraction of sp³-hybridized carbons (Fsp3) is 0.300. The van der Waals surface area contributed by atoms with Crippen molar-refractivity contribution in [1.29, 1.82) is 0 Å². The quantitative estimate of drug-likeness (QED) is 0.806. The van der Waals surface area contributed by atoms with Crippen LogP contribution in [0.3, 0.4) is 0 Å². The molecule has 0 fully saturated rings. The Bertz CT molecular complexity index is 508. The molecule has 0 saturated heterocycles. The smallest absolute Gasteiger partial charge is 0.399 e. The monoisotopic (exact) mass is 358 g/mol. The average Bonchev–Trinajstić information content (AvgIpc) is 2.25. The third-order valence-electron chi connectivity index (χ3n) is 1.95. The van der Waals surface area contributed by atoms with Crippen LogP contribution >= 0.6 is 15.9 Å². The number of alkyl halides is 3. The highest BCUT2D eigenvalue weighted by molar-refractivity contribution is 9.10. The molecule has 1 atom stereocenters. The number of rotatable bonds is 4. The largest absolute Gasteiger partial charge is 0.405 e. The van der Waals surface area contributed by atoms with E-state index in [4.69, 9.17) is 5.73 Å². The van der Waals surface area contributed by atoms with Crippen LogP contribution in [0.2, 0.25) is 0 Å². The average molecular weight is 359 g/mol. The van der Waals surface area contributed by atoms with Gasteiger partial charge in [-0.15, -0.1) is 0 Å². The highest BCUT2D eigenvalue weighted by Crippen LogP contribution is 2.23. The number of carbonyl (C=O) groups excluding carboxylic acids is 1. The van der Waals surface area contributed by atoms with Gasteiger partial charge in [0.2, 0.25) is 5.91 Å². The number of nitrogens with one attached hydrogen (secondary N) is 1. The van der Waals surface area contributed by atoms with E-state index in [1.807, 2.05) is 0 Å². The van der Waals surface area contributed by atoms with E-state index in [9.17, 15) is 22.2 Å². The van der Waals surface area contributed by atoms with Crippen molar-refractivity contribution < 1.29 is 22.2 Å². The highest BCUT2D eigenvalue weighted by atomic mass is 79.9. The van der Waals surface area contributed by atoms with Gasteiger partial charge in [0, 0.05) is 10.2 Å². The Morgan fingerprint density at radius 2 is 2.05 bits per heavy atom. The number of hydrogen-bond acceptors (Lipinski definition) is 3. The van der Waals surface area contributed by atoms with Crippen molar-refractivity contribution in [2.45, 2.75) is 11.1 Å². The summed E-state index contributed by atoms with van der Waals surface area (Å²) in [5.74, 6) is -1.47. The molecule has 0 radical (unpaired) electrons. The van der Waals surface area contributed by atoms with Crippen LogP contribution in [0.4, 0.5) is 18.9 Å². The molecule has 106 valence electrons. The van der Waals surface area contributed by atoms with E-state index in [0.717, 1.165) is 0 Å². The maximum absolute atomic E-state index is 11.9. The van der Waals surface area contributed by atoms with Gasteiger partial charge in [-0.1, -0.05) is 0 Å². The fourth-order valence-corrected chi connectivity index (χ4v) is 3.08. The minimum atomic E-state index is -4.49. The first-order valence-electron chi connectivity index (χ1n) is 4.96. The number of anilines is 1. The molecule has 0 spiro atoms. The van der Waals surface area contributed by atoms with E-state index < -0.39 is 35.2 Å². The fourth-order valence-electron chi connectivity index (χ4n) is 1.15. The molecule has 1 amide bonds. The standard InChI is InChI=1S/C10H10BrF3N2O2S/c11-7-3-6(15)1-2-8(7)19(18)4-9(17)16-5-10(12,13)14/h1-3H,4-5,15H2,(H,16,17). The van der Waals surface area contributed by atoms with Crippen LogP contribution in [0.5, 0.6) is 0 Å². The molecular formula is C10H10BrF3N2O2S. The van der Waals surface area contributed by atoms with Crippen molar-refractivity contribution in [3.8, 4) is 0 Å². The van der Waals surface area contributed by atoms with Crippen molar-refractivity contribution in [3.05, 3.63) is 22.7 Å². The summed E-state index contributed by atoms with van der Waals surface area (Å²) >= 11 is 3.12. The third kappa shape index (κ3) is 5.60. The molecule has 9 heteroatoms. The number of halogens is 4. The Morgan fingerprint density at radius 1 is 1.42 bits per heavy atom. The zero-order valence-corrected chi connectivity index (χ0v) is 11.9. The van der Waals surface area contributed by atoms with Crippen molar-refractivity contribution in [1.82, 2.24) is 5.32 Å². The van der Waals surface area contributed by atoms with Crippen molar-refractivity contribution in [2.24, 2.45) is 0 Å². The molecule has 4 nitrogen and oxygen atoms in total. The van der Waals surface area contributed by atoms with Gasteiger partial charge in [0.15, 0.2) is 0 Å². The summed E-state index contributed by atoms with van der Waals surface area (Å²) in [6.45, 7) is -1.44. The Kier molecular flexibility index (Phi) is 5.36. The van der Waals surface area contributed by atoms with Crippen LogP contribution in [0.15, 0.2) is 27.6 Å². The molecule has 0 aliphatic carbocycles. The second kappa shape index (κ2) is 6.38. The molecule has 0 aliphatic heterocycles. The van der Waals surface area contributed by atoms with Crippen molar-refractivity contribution >= 4 is 38.3 Å². The summed E-state index contributed by atoms with van der Waals surface area (Å²) in [6, 6.07) is 4.44. The predicted octanol–water partition coefficient (Wildman–Crippen LogP) is 1.82. The lowest BCUT2D eigenvalue weighted by molar-refractivity contribution is -0.136. The summed E-state index contributed by atoms with van der Waals surface area (Å²) in [5.41, 5.74) is 5.93. The van der Waals surface area contributed by atoms with E-state index in [1.54, 1.807) is 5.32 Å². The number of amides is 1. The zero-order valence-electron chi connectivity index (χ0n) is 9.46. The van der Waals surface area contributed by atoms with Crippen molar-refractivity contribution in [3.63, 3.8) is 0 Å². The van der Waals surface area contributed by atoms with Gasteiger partial charge in [-0.3, -0.25) is 9.00 Å². The summed E-state index contributed by atoms with van der Waals surface area (Å²) in [6.07, 6.45) is -4.49. The first-order valence-corrected chi connectivity index (χ1v) is 7.07. The van der Waals surface area contributed by atoms with Crippen LogP contribution < -0.4 is 11.1 Å². The van der Waals surface area contributed by atoms with Crippen LogP contribution in [0, 0.1) is 0 Å². The Hall–Kier alpha value is -1.09. The molecule has 1 aromatic rings. The molecule has 0 aromatic heterocycles. The third-order valence-corrected chi connectivity index (χ3v) is 4.24. The van der Waals surface area contributed by atoms with Gasteiger partial charge in [0.1, 0.15) is 12.3 Å². The topological polar surface area (TPSA) is 72.2 Å². The number of nitrogens with two attached hydrogens (primary N) is 1. The van der Waals surface area contributed by atoms with Crippen molar-refractivity contribution in [2.75, 3.05) is 18.0 Å². The molecule has 0 bridgehead atoms. The molecule has 1 aromatic carbocycles. The number of nitrogen functional groups attached to an aromatic ring is 1.